The van der Waals surface area contributed by atoms with Gasteiger partial charge >= 0.3 is 0 Å². The third-order valence-electron chi connectivity index (χ3n) is 4.00. The molecule has 2 aliphatic rings. The molecule has 1 aliphatic carbocycles. The van der Waals surface area contributed by atoms with Crippen LogP contribution < -0.4 is 0 Å². The molecule has 0 radical (unpaired) electrons. The monoisotopic (exact) mass is 260 g/mol. The Morgan fingerprint density at radius 1 is 1.11 bits per heavy atom. The first-order valence-corrected chi connectivity index (χ1v) is 6.70. The number of aliphatic hydroxyl groups excluding tert-OH is 1. The molecule has 5 heteroatoms. The van der Waals surface area contributed by atoms with Crippen LogP contribution in [-0.2, 0) is 0 Å². The summed E-state index contributed by atoms with van der Waals surface area (Å²) < 4.78 is 0. The second-order valence-electron chi connectivity index (χ2n) is 5.17. The largest absolute Gasteiger partial charge is 0.391 e. The predicted octanol–water partition coefficient (Wildman–Crippen LogP) is 1.37. The van der Waals surface area contributed by atoms with Crippen molar-refractivity contribution < 1.29 is 14.7 Å². The molecule has 2 unspecified atom stereocenters. The molecule has 1 aromatic rings. The van der Waals surface area contributed by atoms with Gasteiger partial charge in [0, 0.05) is 12.4 Å². The topological polar surface area (TPSA) is 70.5 Å². The maximum absolute atomic E-state index is 12.3. The van der Waals surface area contributed by atoms with Gasteiger partial charge in [-0.15, -0.1) is 0 Å². The van der Waals surface area contributed by atoms with Crippen molar-refractivity contribution in [3.05, 3.63) is 29.6 Å². The van der Waals surface area contributed by atoms with Crippen LogP contribution in [-0.4, -0.2) is 39.0 Å². The Kier molecular flexibility index (Phi) is 3.06. The fourth-order valence-electron chi connectivity index (χ4n) is 2.97. The lowest BCUT2D eigenvalue weighted by Gasteiger charge is -2.28. The minimum absolute atomic E-state index is 0.298. The summed E-state index contributed by atoms with van der Waals surface area (Å²) in [4.78, 5) is 29.8. The summed E-state index contributed by atoms with van der Waals surface area (Å²) in [6.45, 7) is 0. The van der Waals surface area contributed by atoms with Gasteiger partial charge in [0.25, 0.3) is 11.8 Å². The lowest BCUT2D eigenvalue weighted by atomic mass is 10.0. The van der Waals surface area contributed by atoms with Crippen molar-refractivity contribution in [3.63, 3.8) is 0 Å². The minimum Gasteiger partial charge on any atom is -0.391 e. The molecule has 5 nitrogen and oxygen atoms in total. The highest BCUT2D eigenvalue weighted by Gasteiger charge is 2.42. The van der Waals surface area contributed by atoms with E-state index in [1.165, 1.54) is 17.3 Å². The summed E-state index contributed by atoms with van der Waals surface area (Å²) in [5, 5.41) is 10.2. The molecular weight excluding hydrogens is 244 g/mol. The van der Waals surface area contributed by atoms with Crippen LogP contribution in [0.5, 0.6) is 0 Å². The molecule has 100 valence electrons. The van der Waals surface area contributed by atoms with E-state index in [1.54, 1.807) is 6.07 Å². The van der Waals surface area contributed by atoms with Gasteiger partial charge in [0.05, 0.1) is 23.3 Å². The van der Waals surface area contributed by atoms with Crippen molar-refractivity contribution >= 4 is 11.8 Å². The van der Waals surface area contributed by atoms with E-state index < -0.39 is 12.1 Å². The van der Waals surface area contributed by atoms with E-state index >= 15 is 0 Å². The van der Waals surface area contributed by atoms with Crippen LogP contribution in [0.2, 0.25) is 0 Å². The van der Waals surface area contributed by atoms with Crippen LogP contribution in [0.3, 0.4) is 0 Å². The Hall–Kier alpha value is -1.75. The van der Waals surface area contributed by atoms with Gasteiger partial charge in [0.2, 0.25) is 0 Å². The predicted molar refractivity (Wildman–Crippen MR) is 67.6 cm³/mol. The van der Waals surface area contributed by atoms with Crippen LogP contribution in [0.1, 0.15) is 52.8 Å². The average Bonchev–Trinajstić information content (AvgIpc) is 2.57. The molecule has 1 aromatic heterocycles. The first-order chi connectivity index (χ1) is 9.20. The van der Waals surface area contributed by atoms with Gasteiger partial charge in [0.1, 0.15) is 0 Å². The van der Waals surface area contributed by atoms with Crippen LogP contribution in [0.25, 0.3) is 0 Å². The highest BCUT2D eigenvalue weighted by atomic mass is 16.3. The molecule has 1 saturated carbocycles. The Morgan fingerprint density at radius 3 is 2.63 bits per heavy atom. The zero-order valence-corrected chi connectivity index (χ0v) is 10.6. The first kappa shape index (κ1) is 12.3. The van der Waals surface area contributed by atoms with E-state index in [1.807, 2.05) is 0 Å². The number of hydrogen-bond acceptors (Lipinski definition) is 4. The lowest BCUT2D eigenvalue weighted by Crippen LogP contribution is -2.46. The van der Waals surface area contributed by atoms with Crippen LogP contribution in [0, 0.1) is 0 Å². The van der Waals surface area contributed by atoms with Crippen molar-refractivity contribution in [1.82, 2.24) is 9.88 Å². The maximum Gasteiger partial charge on any atom is 0.263 e. The number of imide groups is 1. The molecule has 3 rings (SSSR count). The summed E-state index contributed by atoms with van der Waals surface area (Å²) in [7, 11) is 0. The Bertz CT molecular complexity index is 494. The van der Waals surface area contributed by atoms with E-state index in [0.29, 0.717) is 24.0 Å². The van der Waals surface area contributed by atoms with E-state index in [0.717, 1.165) is 19.3 Å². The van der Waals surface area contributed by atoms with Gasteiger partial charge < -0.3 is 5.11 Å². The van der Waals surface area contributed by atoms with Gasteiger partial charge in [-0.3, -0.25) is 19.5 Å². The Balaban J connectivity index is 1.94. The van der Waals surface area contributed by atoms with Gasteiger partial charge in [0.15, 0.2) is 0 Å². The van der Waals surface area contributed by atoms with Crippen LogP contribution in [0.15, 0.2) is 18.5 Å². The molecule has 2 heterocycles. The zero-order valence-electron chi connectivity index (χ0n) is 10.6. The second-order valence-corrected chi connectivity index (χ2v) is 5.17. The molecule has 0 aromatic carbocycles. The van der Waals surface area contributed by atoms with E-state index in [-0.39, 0.29) is 11.8 Å². The van der Waals surface area contributed by atoms with Crippen LogP contribution in [0.4, 0.5) is 0 Å². The van der Waals surface area contributed by atoms with Crippen LogP contribution >= 0.6 is 0 Å². The smallest absolute Gasteiger partial charge is 0.263 e. The third kappa shape index (κ3) is 1.94. The molecule has 0 spiro atoms. The Labute approximate surface area is 111 Å². The summed E-state index contributed by atoms with van der Waals surface area (Å²) in [5.74, 6) is -0.618. The number of hydrogen-bond donors (Lipinski definition) is 1. The minimum atomic E-state index is -0.613. The molecular formula is C14H16N2O3. The number of pyridine rings is 1. The fraction of sp³-hybridized carbons (Fsp3) is 0.500. The molecule has 1 fully saturated rings. The summed E-state index contributed by atoms with van der Waals surface area (Å²) >= 11 is 0. The highest BCUT2D eigenvalue weighted by Crippen LogP contribution is 2.30. The molecule has 0 saturated heterocycles. The number of carbonyl (C=O) groups is 2. The van der Waals surface area contributed by atoms with Gasteiger partial charge in [-0.25, -0.2) is 0 Å². The number of aliphatic hydroxyl groups is 1. The highest BCUT2D eigenvalue weighted by molar-refractivity contribution is 6.21. The van der Waals surface area contributed by atoms with Crippen molar-refractivity contribution in [2.75, 3.05) is 0 Å². The van der Waals surface area contributed by atoms with Gasteiger partial charge in [-0.2, -0.15) is 0 Å². The van der Waals surface area contributed by atoms with E-state index in [2.05, 4.69) is 4.98 Å². The normalized spacial score (nSPS) is 27.3. The first-order valence-electron chi connectivity index (χ1n) is 6.70. The van der Waals surface area contributed by atoms with Crippen molar-refractivity contribution in [2.24, 2.45) is 0 Å². The number of fused-ring (bicyclic) bond motifs is 1. The molecule has 0 bridgehead atoms. The quantitative estimate of drug-likeness (QED) is 0.611. The molecule has 19 heavy (non-hydrogen) atoms. The van der Waals surface area contributed by atoms with Crippen molar-refractivity contribution in [3.8, 4) is 0 Å². The average molecular weight is 260 g/mol. The van der Waals surface area contributed by atoms with E-state index in [4.69, 9.17) is 0 Å². The second kappa shape index (κ2) is 4.74. The van der Waals surface area contributed by atoms with Crippen molar-refractivity contribution in [1.29, 1.82) is 0 Å². The summed E-state index contributed by atoms with van der Waals surface area (Å²) in [6.07, 6.45) is 6.58. The van der Waals surface area contributed by atoms with Gasteiger partial charge in [-0.05, 0) is 18.9 Å². The molecule has 1 N–H and O–H groups in total. The Morgan fingerprint density at radius 2 is 1.84 bits per heavy atom. The molecule has 2 atom stereocenters. The van der Waals surface area contributed by atoms with Crippen molar-refractivity contribution in [2.45, 2.75) is 44.2 Å². The standard InChI is InChI=1S/C14H16N2O3/c17-12-5-3-1-2-4-11(12)16-13(18)9-6-7-15-8-10(9)14(16)19/h6-8,11-12,17H,1-5H2. The molecule has 2 amide bonds. The number of aromatic nitrogens is 1. The fourth-order valence-corrected chi connectivity index (χ4v) is 2.97. The van der Waals surface area contributed by atoms with Gasteiger partial charge in [-0.1, -0.05) is 19.3 Å². The zero-order chi connectivity index (χ0) is 13.4. The third-order valence-corrected chi connectivity index (χ3v) is 4.00. The SMILES string of the molecule is O=C1c2ccncc2C(=O)N1C1CCCCCC1O. The summed E-state index contributed by atoms with van der Waals surface area (Å²) in [5.41, 5.74) is 0.750. The number of carbonyl (C=O) groups excluding carboxylic acids is 2. The molecule has 1 aliphatic heterocycles. The van der Waals surface area contributed by atoms with E-state index in [9.17, 15) is 14.7 Å². The number of nitrogens with zero attached hydrogens (tertiary/aromatic N) is 2. The number of rotatable bonds is 1. The maximum atomic E-state index is 12.3. The lowest BCUT2D eigenvalue weighted by molar-refractivity contribution is 0.0321. The summed E-state index contributed by atoms with van der Waals surface area (Å²) in [6, 6.07) is 1.17. The number of amides is 2.